The summed E-state index contributed by atoms with van der Waals surface area (Å²) < 4.78 is 0.970. The number of carbonyl (C=O) groups excluding carboxylic acids is 3. The maximum atomic E-state index is 12.5. The molecule has 0 fully saturated rings. The van der Waals surface area contributed by atoms with E-state index in [1.54, 1.807) is 24.5 Å². The topological polar surface area (TPSA) is 141 Å². The van der Waals surface area contributed by atoms with Crippen LogP contribution in [0.1, 0.15) is 45.7 Å². The van der Waals surface area contributed by atoms with E-state index in [0.717, 1.165) is 59.1 Å². The Hall–Kier alpha value is -5.35. The number of benzene rings is 2. The molecule has 9 nitrogen and oxygen atoms in total. The van der Waals surface area contributed by atoms with Crippen LogP contribution in [0.25, 0.3) is 55.0 Å². The number of carbonyl (C=O) groups is 3. The number of Topliss-reactive ketones (excluding diaryl/α,β-unsaturated/α-hetero) is 1. The van der Waals surface area contributed by atoms with Crippen molar-refractivity contribution in [2.24, 2.45) is 5.73 Å². The van der Waals surface area contributed by atoms with Crippen molar-refractivity contribution in [3.8, 4) is 0 Å². The van der Waals surface area contributed by atoms with Gasteiger partial charge < -0.3 is 11.1 Å². The molecule has 0 radical (unpaired) electrons. The maximum Gasteiger partial charge on any atom is 0.227 e. The summed E-state index contributed by atoms with van der Waals surface area (Å²) in [7, 11) is 0. The zero-order valence-corrected chi connectivity index (χ0v) is 25.0. The first kappa shape index (κ1) is 27.5. The summed E-state index contributed by atoms with van der Waals surface area (Å²) in [6.07, 6.45) is 7.08. The fourth-order valence-electron chi connectivity index (χ4n) is 5.76. The Morgan fingerprint density at radius 3 is 2.34 bits per heavy atom. The van der Waals surface area contributed by atoms with E-state index >= 15 is 0 Å². The average molecular weight is 644 g/mol. The number of ketones is 2. The quantitative estimate of drug-likeness (QED) is 0.226. The SMILES string of the molecule is CC(=O)NCCC1=CC(=O)c2nccc3c2c1nc1ccccc13.NC1=Cc2nc3ccc(Br)cc3c3ccnc(c23)C1=O. The predicted octanol–water partition coefficient (Wildman–Crippen LogP) is 5.93. The third kappa shape index (κ3) is 4.60. The van der Waals surface area contributed by atoms with Crippen molar-refractivity contribution < 1.29 is 14.4 Å². The molecule has 4 heterocycles. The number of nitrogens with two attached hydrogens (primary N) is 1. The zero-order chi connectivity index (χ0) is 30.5. The van der Waals surface area contributed by atoms with Gasteiger partial charge in [0.05, 0.1) is 28.1 Å². The van der Waals surface area contributed by atoms with Gasteiger partial charge in [0.1, 0.15) is 11.4 Å². The van der Waals surface area contributed by atoms with Gasteiger partial charge in [-0.05, 0) is 71.3 Å². The first-order valence-corrected chi connectivity index (χ1v) is 14.7. The molecule has 0 saturated carbocycles. The van der Waals surface area contributed by atoms with Gasteiger partial charge in [-0.15, -0.1) is 0 Å². The number of aromatic nitrogens is 4. The number of amides is 1. The minimum Gasteiger partial charge on any atom is -0.395 e. The number of hydrogen-bond donors (Lipinski definition) is 2. The molecule has 0 atom stereocenters. The molecule has 3 N–H and O–H groups in total. The lowest BCUT2D eigenvalue weighted by Gasteiger charge is -2.18. The van der Waals surface area contributed by atoms with E-state index < -0.39 is 0 Å². The molecule has 4 aromatic heterocycles. The van der Waals surface area contributed by atoms with Crippen molar-refractivity contribution >= 4 is 88.4 Å². The van der Waals surface area contributed by atoms with Crippen LogP contribution in [0.2, 0.25) is 0 Å². The lowest BCUT2D eigenvalue weighted by Crippen LogP contribution is -2.22. The van der Waals surface area contributed by atoms with Gasteiger partial charge in [0, 0.05) is 51.9 Å². The van der Waals surface area contributed by atoms with Crippen LogP contribution in [-0.2, 0) is 4.79 Å². The van der Waals surface area contributed by atoms with E-state index in [0.29, 0.717) is 30.0 Å². The Balaban J connectivity index is 0.000000144. The van der Waals surface area contributed by atoms with E-state index in [1.807, 2.05) is 54.6 Å². The number of para-hydroxylation sites is 1. The van der Waals surface area contributed by atoms with Gasteiger partial charge in [-0.25, -0.2) is 9.97 Å². The van der Waals surface area contributed by atoms with Crippen LogP contribution in [0, 0.1) is 0 Å². The van der Waals surface area contributed by atoms with E-state index in [4.69, 9.17) is 10.7 Å². The minimum atomic E-state index is -0.237. The lowest BCUT2D eigenvalue weighted by molar-refractivity contribution is -0.118. The maximum absolute atomic E-state index is 12.5. The van der Waals surface area contributed by atoms with Gasteiger partial charge in [0.15, 0.2) is 0 Å². The second kappa shape index (κ2) is 10.7. The molecule has 0 aliphatic heterocycles. The average Bonchev–Trinajstić information content (AvgIpc) is 3.02. The first-order chi connectivity index (χ1) is 21.3. The van der Waals surface area contributed by atoms with Crippen molar-refractivity contribution in [2.75, 3.05) is 6.54 Å². The number of fused-ring (bicyclic) bond motifs is 4. The molecule has 2 aliphatic carbocycles. The number of allylic oxidation sites excluding steroid dienone is 2. The van der Waals surface area contributed by atoms with Crippen LogP contribution in [0.4, 0.5) is 0 Å². The predicted molar refractivity (Wildman–Crippen MR) is 174 cm³/mol. The molecular formula is C34H23BrN6O3. The highest BCUT2D eigenvalue weighted by Crippen LogP contribution is 2.36. The number of pyridine rings is 4. The first-order valence-electron chi connectivity index (χ1n) is 13.9. The summed E-state index contributed by atoms with van der Waals surface area (Å²) in [6, 6.07) is 17.6. The molecule has 2 aliphatic rings. The van der Waals surface area contributed by atoms with Crippen molar-refractivity contribution in [3.63, 3.8) is 0 Å². The second-order valence-electron chi connectivity index (χ2n) is 10.5. The summed E-state index contributed by atoms with van der Waals surface area (Å²) in [5.74, 6) is -0.432. The standard InChI is InChI=1S/C19H15N3O2.C15H8BrN3O/c1-11(23)20-8-6-12-10-16(24)19-17-14(7-9-21-19)13-4-2-3-5-15(13)22-18(12)17;16-7-1-2-11-9(5-7)8-3-4-18-14-13(8)12(19-11)6-10(17)15(14)20/h2-5,7,9-10H,6,8H2,1H3,(H,20,23);1-6H,17H2. The molecule has 0 bridgehead atoms. The van der Waals surface area contributed by atoms with E-state index in [-0.39, 0.29) is 23.2 Å². The highest BCUT2D eigenvalue weighted by atomic mass is 79.9. The lowest BCUT2D eigenvalue weighted by atomic mass is 9.91. The number of nitrogens with one attached hydrogen (secondary N) is 1. The number of rotatable bonds is 3. The number of nitrogens with zero attached hydrogens (tertiary/aromatic N) is 4. The number of halogens is 1. The van der Waals surface area contributed by atoms with E-state index in [9.17, 15) is 14.4 Å². The highest BCUT2D eigenvalue weighted by molar-refractivity contribution is 9.10. The molecule has 8 rings (SSSR count). The zero-order valence-electron chi connectivity index (χ0n) is 23.4. The third-order valence-electron chi connectivity index (χ3n) is 7.69. The summed E-state index contributed by atoms with van der Waals surface area (Å²) in [5, 5.41) is 8.30. The fourth-order valence-corrected chi connectivity index (χ4v) is 6.12. The van der Waals surface area contributed by atoms with Crippen LogP contribution in [0.15, 0.2) is 83.2 Å². The van der Waals surface area contributed by atoms with Gasteiger partial charge in [0.25, 0.3) is 0 Å². The van der Waals surface area contributed by atoms with Crippen molar-refractivity contribution in [1.29, 1.82) is 0 Å². The molecule has 1 amide bonds. The summed E-state index contributed by atoms with van der Waals surface area (Å²) >= 11 is 3.47. The normalized spacial score (nSPS) is 13.5. The number of hydrogen-bond acceptors (Lipinski definition) is 8. The van der Waals surface area contributed by atoms with Gasteiger partial charge in [0.2, 0.25) is 17.5 Å². The van der Waals surface area contributed by atoms with E-state index in [1.165, 1.54) is 6.92 Å². The Bertz CT molecular complexity index is 2310. The van der Waals surface area contributed by atoms with Gasteiger partial charge in [-0.2, -0.15) is 0 Å². The molecular weight excluding hydrogens is 620 g/mol. The van der Waals surface area contributed by atoms with Crippen LogP contribution >= 0.6 is 15.9 Å². The monoisotopic (exact) mass is 642 g/mol. The Labute approximate surface area is 259 Å². The largest absolute Gasteiger partial charge is 0.395 e. The van der Waals surface area contributed by atoms with Crippen molar-refractivity contribution in [2.45, 2.75) is 13.3 Å². The Morgan fingerprint density at radius 1 is 0.818 bits per heavy atom. The summed E-state index contributed by atoms with van der Waals surface area (Å²) in [4.78, 5) is 53.5. The molecule has 6 aromatic rings. The third-order valence-corrected chi connectivity index (χ3v) is 8.18. The van der Waals surface area contributed by atoms with Gasteiger partial charge in [-0.3, -0.25) is 24.4 Å². The molecule has 0 unspecified atom stereocenters. The minimum absolute atomic E-state index is 0.0866. The highest BCUT2D eigenvalue weighted by Gasteiger charge is 2.25. The van der Waals surface area contributed by atoms with Gasteiger partial charge >= 0.3 is 0 Å². The molecule has 44 heavy (non-hydrogen) atoms. The molecule has 10 heteroatoms. The van der Waals surface area contributed by atoms with Gasteiger partial charge in [-0.1, -0.05) is 34.1 Å². The van der Waals surface area contributed by atoms with Crippen LogP contribution < -0.4 is 11.1 Å². The molecule has 2 aromatic carbocycles. The van der Waals surface area contributed by atoms with Crippen LogP contribution in [-0.4, -0.2) is 44.0 Å². The summed E-state index contributed by atoms with van der Waals surface area (Å²) in [5.41, 5.74) is 10.9. The van der Waals surface area contributed by atoms with Crippen LogP contribution in [0.3, 0.4) is 0 Å². The summed E-state index contributed by atoms with van der Waals surface area (Å²) in [6.45, 7) is 1.95. The van der Waals surface area contributed by atoms with Crippen molar-refractivity contribution in [3.05, 3.63) is 106 Å². The molecule has 0 saturated heterocycles. The smallest absolute Gasteiger partial charge is 0.227 e. The molecule has 214 valence electrons. The van der Waals surface area contributed by atoms with Crippen molar-refractivity contribution in [1.82, 2.24) is 25.3 Å². The second-order valence-corrected chi connectivity index (χ2v) is 11.4. The van der Waals surface area contributed by atoms with Crippen LogP contribution in [0.5, 0.6) is 0 Å². The van der Waals surface area contributed by atoms with E-state index in [2.05, 4.69) is 36.2 Å². The molecule has 0 spiro atoms. The fraction of sp³-hybridized carbons (Fsp3) is 0.0882. The Kier molecular flexibility index (Phi) is 6.70. The Morgan fingerprint density at radius 2 is 1.55 bits per heavy atom.